The topological polar surface area (TPSA) is 690 Å². The van der Waals surface area contributed by atoms with Crippen LogP contribution in [0.5, 0.6) is 11.5 Å². The summed E-state index contributed by atoms with van der Waals surface area (Å²) in [6.45, 7) is 2.30. The van der Waals surface area contributed by atoms with Gasteiger partial charge in [0.25, 0.3) is 0 Å². The van der Waals surface area contributed by atoms with Crippen molar-refractivity contribution in [2.75, 3.05) is 95.6 Å². The van der Waals surface area contributed by atoms with Crippen LogP contribution in [0.4, 0.5) is 5.69 Å². The van der Waals surface area contributed by atoms with Gasteiger partial charge in [-0.3, -0.25) is 57.5 Å². The molecule has 2 aliphatic rings. The predicted molar refractivity (Wildman–Crippen MR) is 546 cm³/mol. The molecule has 45 nitrogen and oxygen atoms in total. The first kappa shape index (κ1) is 118. The molecule has 0 aromatic heterocycles. The van der Waals surface area contributed by atoms with E-state index in [-0.39, 0.29) is 95.9 Å². The Bertz CT molecular complexity index is 6520. The van der Waals surface area contributed by atoms with Crippen LogP contribution >= 0.6 is 12.2 Å². The number of carboxylic acid groups (broad SMARTS) is 2. The van der Waals surface area contributed by atoms with Crippen molar-refractivity contribution in [1.82, 2.24) is 70.4 Å². The maximum atomic E-state index is 15.5. The minimum Gasteiger partial charge on any atom is -0.508 e. The number of phenols is 2. The molecule has 6 aromatic carbocycles. The molecular formula is C96H127N17O28S5. The Labute approximate surface area is 850 Å². The fourth-order valence-electron chi connectivity index (χ4n) is 15.7. The lowest BCUT2D eigenvalue weighted by Crippen LogP contribution is -2.58. The van der Waals surface area contributed by atoms with Crippen molar-refractivity contribution in [3.05, 3.63) is 179 Å². The molecule has 0 radical (unpaired) electrons. The molecule has 1 aliphatic carbocycles. The van der Waals surface area contributed by atoms with Gasteiger partial charge in [0.05, 0.1) is 73.7 Å². The summed E-state index contributed by atoms with van der Waals surface area (Å²) in [5, 5.41) is 92.6. The molecule has 1 heterocycles. The number of benzene rings is 7. The maximum absolute atomic E-state index is 15.5. The van der Waals surface area contributed by atoms with E-state index in [4.69, 9.17) is 28.1 Å². The number of thiocarbonyl (C=S) groups is 1. The quantitative estimate of drug-likeness (QED) is 0.0142. The van der Waals surface area contributed by atoms with Gasteiger partial charge in [0.1, 0.15) is 53.1 Å². The van der Waals surface area contributed by atoms with Crippen LogP contribution in [0, 0.1) is 11.8 Å². The Hall–Kier alpha value is -13.3. The van der Waals surface area contributed by atoms with Crippen molar-refractivity contribution in [1.29, 1.82) is 0 Å². The summed E-state index contributed by atoms with van der Waals surface area (Å²) in [5.41, 5.74) is 12.7. The van der Waals surface area contributed by atoms with Gasteiger partial charge in [-0.25, -0.2) is 38.5 Å². The highest BCUT2D eigenvalue weighted by atomic mass is 32.2. The first-order valence-electron chi connectivity index (χ1n) is 46.6. The largest absolute Gasteiger partial charge is 0.508 e. The van der Waals surface area contributed by atoms with E-state index in [2.05, 4.69) is 58.5 Å². The number of anilines is 1. The van der Waals surface area contributed by atoms with E-state index in [1.54, 1.807) is 82.3 Å². The number of unbranched alkanes of at least 4 members (excludes halogenated alkanes) is 1. The number of fused-ring (bicyclic) bond motifs is 3. The van der Waals surface area contributed by atoms with E-state index in [1.165, 1.54) is 118 Å². The summed E-state index contributed by atoms with van der Waals surface area (Å²) < 4.78 is 122. The van der Waals surface area contributed by atoms with Gasteiger partial charge in [-0.05, 0) is 184 Å². The van der Waals surface area contributed by atoms with Crippen LogP contribution in [0.2, 0.25) is 0 Å². The van der Waals surface area contributed by atoms with Crippen molar-refractivity contribution < 1.29 is 126 Å². The summed E-state index contributed by atoms with van der Waals surface area (Å²) in [6, 6.07) is 23.4. The number of nitrogens with one attached hydrogen (secondary N) is 11. The zero-order valence-electron chi connectivity index (χ0n) is 81.9. The molecule has 794 valence electrons. The lowest BCUT2D eigenvalue weighted by molar-refractivity contribution is -0.138. The molecule has 146 heavy (non-hydrogen) atoms. The fraction of sp³-hybridized carbons (Fsp3) is 0.438. The second kappa shape index (κ2) is 54.2. The average Bonchev–Trinajstić information content (AvgIpc) is 0.747. The number of aliphatic carboxylic acids is 1. The van der Waals surface area contributed by atoms with Crippen molar-refractivity contribution in [2.45, 2.75) is 172 Å². The first-order chi connectivity index (χ1) is 68.6. The lowest BCUT2D eigenvalue weighted by atomic mass is 9.90. The van der Waals surface area contributed by atoms with Crippen LogP contribution in [0.1, 0.15) is 115 Å². The smallest absolute Gasteiger partial charge is 0.336 e. The Morgan fingerprint density at radius 1 is 0.493 bits per heavy atom. The SMILES string of the molecule is CC(C)C[C@H](NC(=O)CN(C[C@H](CCCCN)NC(=O)[C@H](C)NC(=O)CN(C[C@H](Cc1ccc(O)cc1)NC(=O)[C@H](CCC(=O)O)NC(=O)CN(C[C@H](Cc1ccccc1)NC(=O)[C@@H](NC(=O)CCNC(=S)Nc1ccc(C(=O)O)c(-c2c3ccc(=O)cc-3oc3cc(O)ccc23)c1)[C@@H](C)O)S(C)(=O)=O)S(=O)(=O)c1ccc2ccccc2c1)S(=O)(=O)CC(C)C)C(=O)N[C@@H](CO)CN(CC(=O)N[C@@H](C)C(N)=O)S(C)(=O)=O. The third kappa shape index (κ3) is 36.7. The van der Waals surface area contributed by atoms with E-state index in [9.17, 15) is 113 Å². The second-order valence-corrected chi connectivity index (χ2v) is 44.6. The molecule has 21 N–H and O–H groups in total. The highest BCUT2D eigenvalue weighted by Crippen LogP contribution is 2.43. The van der Waals surface area contributed by atoms with E-state index in [1.807, 2.05) is 0 Å². The first-order valence-corrected chi connectivity index (χ1v) is 53.7. The van der Waals surface area contributed by atoms with E-state index in [0.717, 1.165) is 16.8 Å². The van der Waals surface area contributed by atoms with Gasteiger partial charge >= 0.3 is 11.9 Å². The van der Waals surface area contributed by atoms with Crippen LogP contribution in [-0.4, -0.2) is 308 Å². The van der Waals surface area contributed by atoms with Crippen LogP contribution < -0.4 is 75.4 Å². The zero-order chi connectivity index (χ0) is 108. The van der Waals surface area contributed by atoms with Gasteiger partial charge in [-0.15, -0.1) is 0 Å². The highest BCUT2D eigenvalue weighted by molar-refractivity contribution is 7.89. The number of carbonyl (C=O) groups excluding carboxylic acids is 10. The molecule has 6 aromatic rings. The van der Waals surface area contributed by atoms with E-state index < -0.39 is 272 Å². The van der Waals surface area contributed by atoms with E-state index >= 15 is 13.2 Å². The molecule has 10 amide bonds. The Morgan fingerprint density at radius 3 is 1.62 bits per heavy atom. The number of primary amides is 1. The van der Waals surface area contributed by atoms with Crippen LogP contribution in [-0.2, 0) is 106 Å². The van der Waals surface area contributed by atoms with Crippen LogP contribution in [0.25, 0.3) is 44.2 Å². The molecule has 0 saturated heterocycles. The van der Waals surface area contributed by atoms with Gasteiger partial charge in [0, 0.05) is 98.0 Å². The normalized spacial score (nSPS) is 14.1. The number of carboxylic acids is 2. The molecule has 0 fully saturated rings. The number of rotatable bonds is 58. The monoisotopic (exact) mass is 2130 g/mol. The minimum atomic E-state index is -4.97. The summed E-state index contributed by atoms with van der Waals surface area (Å²) in [6.07, 6.45) is -2.10. The molecule has 0 spiro atoms. The lowest BCUT2D eigenvalue weighted by Gasteiger charge is -2.31. The number of hydrogen-bond acceptors (Lipinski definition) is 28. The summed E-state index contributed by atoms with van der Waals surface area (Å²) in [7, 11) is -18.2. The van der Waals surface area contributed by atoms with Gasteiger partial charge in [-0.1, -0.05) is 107 Å². The average molecular weight is 2130 g/mol. The summed E-state index contributed by atoms with van der Waals surface area (Å²) in [5.74, 6) is -14.8. The molecule has 0 bridgehead atoms. The molecule has 8 rings (SSSR count). The number of aromatic hydroxyl groups is 2. The molecular weight excluding hydrogens is 2000 g/mol. The van der Waals surface area contributed by atoms with Crippen molar-refractivity contribution >= 4 is 156 Å². The number of sulfonamides is 4. The van der Waals surface area contributed by atoms with Crippen LogP contribution in [0.3, 0.4) is 0 Å². The Morgan fingerprint density at radius 2 is 1.03 bits per heavy atom. The van der Waals surface area contributed by atoms with Gasteiger partial charge < -0.3 is 105 Å². The highest BCUT2D eigenvalue weighted by Gasteiger charge is 2.39. The predicted octanol–water partition coefficient (Wildman–Crippen LogP) is 0.792. The maximum Gasteiger partial charge on any atom is 0.336 e. The number of aliphatic hydroxyl groups excluding tert-OH is 2. The molecule has 1 aliphatic heterocycles. The molecule has 50 heteroatoms. The van der Waals surface area contributed by atoms with Crippen molar-refractivity contribution in [2.24, 2.45) is 23.3 Å². The third-order valence-corrected chi connectivity index (χ3v) is 29.6. The number of nitrogens with two attached hydrogens (primary N) is 2. The number of nitrogens with zero attached hydrogens (tertiary/aromatic N) is 4. The summed E-state index contributed by atoms with van der Waals surface area (Å²) in [4.78, 5) is 177. The van der Waals surface area contributed by atoms with Crippen LogP contribution in [0.15, 0.2) is 166 Å². The molecule has 0 unspecified atom stereocenters. The Balaban J connectivity index is 0.993. The zero-order valence-corrected chi connectivity index (χ0v) is 85.9. The number of aliphatic hydroxyl groups is 2. The molecule has 0 saturated carbocycles. The van der Waals surface area contributed by atoms with Gasteiger partial charge in [0.15, 0.2) is 10.5 Å². The number of hydrogen-bond donors (Lipinski definition) is 19. The number of phenolic OH excluding ortho intramolecular Hbond substituents is 2. The van der Waals surface area contributed by atoms with Crippen molar-refractivity contribution in [3.8, 4) is 33.9 Å². The van der Waals surface area contributed by atoms with Gasteiger partial charge in [0.2, 0.25) is 99.2 Å². The summed E-state index contributed by atoms with van der Waals surface area (Å²) >= 11 is 5.56. The second-order valence-electron chi connectivity index (χ2n) is 36.3. The third-order valence-electron chi connectivity index (χ3n) is 23.0. The Kier molecular flexibility index (Phi) is 43.8. The molecule has 10 atom stereocenters. The van der Waals surface area contributed by atoms with Crippen molar-refractivity contribution in [3.63, 3.8) is 0 Å². The fourth-order valence-corrected chi connectivity index (χ4v) is 20.8. The minimum absolute atomic E-state index is 0.00324. The number of aromatic carboxylic acids is 1. The van der Waals surface area contributed by atoms with Gasteiger partial charge in [-0.2, -0.15) is 17.2 Å². The number of carbonyl (C=O) groups is 12. The van der Waals surface area contributed by atoms with E-state index in [0.29, 0.717) is 57.7 Å². The number of amides is 10. The standard InChI is InChI=1S/C96H127N17O28S5/c1-56(2)39-79(93(129)105-69(54-114)49-111(144(9,135)136)50-83(120)100-58(5)90(98)126)108-86(123)52-112(145(137,138)55-57(3)4)46-66(21-15-16-37-97)102-91(127)59(6)101-84(121)53-113(146(139,140)73-30-24-63-19-13-14-20-64(63)42-73)48-68(41-62-22-26-70(116)27-23-62)103-92(128)78(34-35-87(124)125)107-85(122)51-110(143(8,133)134)47-67(40-61-17-11-10-12-18-61)104-94(130)89(60(7)115)109-82(119)36-38-99-96(142)106-65-25-31-74(95(131)132)77(43-65)88-75-32-28-71(117)44-80(75)141-81-45-72(118)29-33-76(81)88/h10-14,17-20,22-33,42-45,56-60,66-69,78-79,89,114-117H,15-16,21,34-41,46-55,97H2,1-9H3,(H2,98,126)(H,100,120)(H,101,121)(H,102,127)(H,103,128)(H,104,130)(H,105,129)(H,107,122)(H,108,123)(H,109,119)(H,124,125)(H,131,132)(H2,99,106,142)/t58-,59-,60+,66-,67-,68-,69+,78-,79-,89-/m0/s1.